The van der Waals surface area contributed by atoms with Crippen LogP contribution in [0.4, 0.5) is 0 Å². The Morgan fingerprint density at radius 1 is 1.16 bits per heavy atom. The van der Waals surface area contributed by atoms with Gasteiger partial charge in [0.1, 0.15) is 0 Å². The Bertz CT molecular complexity index is 259. The summed E-state index contributed by atoms with van der Waals surface area (Å²) in [6, 6.07) is 0.0379. The van der Waals surface area contributed by atoms with Crippen LogP contribution in [-0.4, -0.2) is 42.8 Å². The summed E-state index contributed by atoms with van der Waals surface area (Å²) in [5.41, 5.74) is 0. The van der Waals surface area contributed by atoms with Crippen molar-refractivity contribution in [2.24, 2.45) is 0 Å². The molecule has 0 aliphatic carbocycles. The third kappa shape index (κ3) is 5.11. The van der Waals surface area contributed by atoms with Crippen molar-refractivity contribution >= 4 is 5.91 Å². The third-order valence-corrected chi connectivity index (χ3v) is 3.64. The zero-order valence-corrected chi connectivity index (χ0v) is 12.8. The van der Waals surface area contributed by atoms with Crippen molar-refractivity contribution in [1.29, 1.82) is 0 Å². The molecule has 1 fully saturated rings. The minimum Gasteiger partial charge on any atom is -0.381 e. The molecular formula is C15H30N2O2. The standard InChI is InChI=1S/C15H30N2O2/c1-4-7-11-19-12-8-10-17-14(6-3)16-13(9-5-2)15(17)18/h13-14,16H,4-12H2,1-3H3. The summed E-state index contributed by atoms with van der Waals surface area (Å²) in [4.78, 5) is 14.3. The normalized spacial score (nSPS) is 23.3. The molecule has 0 radical (unpaired) electrons. The largest absolute Gasteiger partial charge is 0.381 e. The van der Waals surface area contributed by atoms with Crippen molar-refractivity contribution in [3.63, 3.8) is 0 Å². The van der Waals surface area contributed by atoms with Crippen LogP contribution in [0.1, 0.15) is 59.3 Å². The number of carbonyl (C=O) groups excluding carboxylic acids is 1. The van der Waals surface area contributed by atoms with Crippen LogP contribution >= 0.6 is 0 Å². The molecule has 112 valence electrons. The second-order valence-electron chi connectivity index (χ2n) is 5.28. The topological polar surface area (TPSA) is 41.6 Å². The number of ether oxygens (including phenoxy) is 1. The van der Waals surface area contributed by atoms with Crippen molar-refractivity contribution in [3.8, 4) is 0 Å². The van der Waals surface area contributed by atoms with Gasteiger partial charge in [-0.25, -0.2) is 0 Å². The zero-order chi connectivity index (χ0) is 14.1. The number of hydrogen-bond acceptors (Lipinski definition) is 3. The monoisotopic (exact) mass is 270 g/mol. The van der Waals surface area contributed by atoms with Crippen LogP contribution in [0.15, 0.2) is 0 Å². The molecule has 0 aromatic rings. The number of amides is 1. The maximum Gasteiger partial charge on any atom is 0.241 e. The summed E-state index contributed by atoms with van der Waals surface area (Å²) in [6.07, 6.45) is 6.42. The van der Waals surface area contributed by atoms with E-state index in [0.717, 1.165) is 51.9 Å². The maximum absolute atomic E-state index is 12.3. The summed E-state index contributed by atoms with van der Waals surface area (Å²) < 4.78 is 5.55. The van der Waals surface area contributed by atoms with E-state index < -0.39 is 0 Å². The van der Waals surface area contributed by atoms with Gasteiger partial charge in [-0.1, -0.05) is 33.6 Å². The average Bonchev–Trinajstić information content (AvgIpc) is 2.71. The van der Waals surface area contributed by atoms with E-state index in [1.54, 1.807) is 0 Å². The second-order valence-corrected chi connectivity index (χ2v) is 5.28. The van der Waals surface area contributed by atoms with E-state index in [1.807, 2.05) is 4.90 Å². The molecule has 2 unspecified atom stereocenters. The Morgan fingerprint density at radius 2 is 1.89 bits per heavy atom. The van der Waals surface area contributed by atoms with Crippen LogP contribution in [0.3, 0.4) is 0 Å². The molecule has 0 aromatic carbocycles. The summed E-state index contributed by atoms with van der Waals surface area (Å²) in [6.45, 7) is 8.84. The van der Waals surface area contributed by atoms with E-state index in [-0.39, 0.29) is 18.1 Å². The van der Waals surface area contributed by atoms with Crippen LogP contribution in [0.5, 0.6) is 0 Å². The second kappa shape index (κ2) is 9.32. The molecule has 1 N–H and O–H groups in total. The lowest BCUT2D eigenvalue weighted by Crippen LogP contribution is -2.37. The summed E-state index contributed by atoms with van der Waals surface area (Å²) in [5.74, 6) is 0.280. The van der Waals surface area contributed by atoms with E-state index in [0.29, 0.717) is 0 Å². The molecule has 1 aliphatic heterocycles. The van der Waals surface area contributed by atoms with Crippen molar-refractivity contribution in [2.75, 3.05) is 19.8 Å². The molecular weight excluding hydrogens is 240 g/mol. The fourth-order valence-electron chi connectivity index (χ4n) is 2.53. The molecule has 2 atom stereocenters. The van der Waals surface area contributed by atoms with Gasteiger partial charge in [-0.05, 0) is 25.7 Å². The van der Waals surface area contributed by atoms with Gasteiger partial charge in [-0.15, -0.1) is 0 Å². The van der Waals surface area contributed by atoms with Gasteiger partial charge in [0.25, 0.3) is 0 Å². The van der Waals surface area contributed by atoms with Crippen LogP contribution in [0.25, 0.3) is 0 Å². The minimum atomic E-state index is 0.0379. The first-order valence-electron chi connectivity index (χ1n) is 7.88. The molecule has 1 rings (SSSR count). The number of unbranched alkanes of at least 4 members (excludes halogenated alkanes) is 1. The molecule has 1 heterocycles. The predicted molar refractivity (Wildman–Crippen MR) is 78.0 cm³/mol. The molecule has 0 aromatic heterocycles. The fraction of sp³-hybridized carbons (Fsp3) is 0.933. The van der Waals surface area contributed by atoms with Gasteiger partial charge in [0, 0.05) is 19.8 Å². The number of nitrogens with one attached hydrogen (secondary N) is 1. The van der Waals surface area contributed by atoms with Gasteiger partial charge >= 0.3 is 0 Å². The van der Waals surface area contributed by atoms with Crippen LogP contribution in [0, 0.1) is 0 Å². The Kier molecular flexibility index (Phi) is 8.07. The molecule has 19 heavy (non-hydrogen) atoms. The van der Waals surface area contributed by atoms with E-state index in [1.165, 1.54) is 6.42 Å². The van der Waals surface area contributed by atoms with Crippen molar-refractivity contribution in [2.45, 2.75) is 71.5 Å². The zero-order valence-electron chi connectivity index (χ0n) is 12.8. The SMILES string of the molecule is CCCCOCCCN1C(=O)C(CCC)NC1CC. The maximum atomic E-state index is 12.3. The first-order valence-corrected chi connectivity index (χ1v) is 7.88. The molecule has 0 saturated carbocycles. The van der Waals surface area contributed by atoms with Crippen LogP contribution < -0.4 is 5.32 Å². The van der Waals surface area contributed by atoms with Gasteiger partial charge in [0.15, 0.2) is 0 Å². The number of nitrogens with zero attached hydrogens (tertiary/aromatic N) is 1. The van der Waals surface area contributed by atoms with Crippen molar-refractivity contribution in [1.82, 2.24) is 10.2 Å². The number of hydrogen-bond donors (Lipinski definition) is 1. The first-order chi connectivity index (χ1) is 9.24. The molecule has 0 bridgehead atoms. The molecule has 1 aliphatic rings. The molecule has 4 heteroatoms. The minimum absolute atomic E-state index is 0.0379. The summed E-state index contributed by atoms with van der Waals surface area (Å²) >= 11 is 0. The fourth-order valence-corrected chi connectivity index (χ4v) is 2.53. The molecule has 4 nitrogen and oxygen atoms in total. The lowest BCUT2D eigenvalue weighted by Gasteiger charge is -2.22. The van der Waals surface area contributed by atoms with Crippen molar-refractivity contribution in [3.05, 3.63) is 0 Å². The Hall–Kier alpha value is -0.610. The van der Waals surface area contributed by atoms with E-state index in [4.69, 9.17) is 4.74 Å². The smallest absolute Gasteiger partial charge is 0.241 e. The van der Waals surface area contributed by atoms with Crippen LogP contribution in [-0.2, 0) is 9.53 Å². The highest BCUT2D eigenvalue weighted by Gasteiger charge is 2.36. The first kappa shape index (κ1) is 16.4. The van der Waals surface area contributed by atoms with E-state index in [9.17, 15) is 4.79 Å². The quantitative estimate of drug-likeness (QED) is 0.620. The highest BCUT2D eigenvalue weighted by atomic mass is 16.5. The highest BCUT2D eigenvalue weighted by molar-refractivity contribution is 5.84. The summed E-state index contributed by atoms with van der Waals surface area (Å²) in [7, 11) is 0. The van der Waals surface area contributed by atoms with E-state index >= 15 is 0 Å². The average molecular weight is 270 g/mol. The molecule has 1 amide bonds. The lowest BCUT2D eigenvalue weighted by molar-refractivity contribution is -0.130. The Balaban J connectivity index is 2.28. The van der Waals surface area contributed by atoms with Gasteiger partial charge in [-0.3, -0.25) is 10.1 Å². The molecule has 0 spiro atoms. The van der Waals surface area contributed by atoms with Crippen molar-refractivity contribution < 1.29 is 9.53 Å². The van der Waals surface area contributed by atoms with Gasteiger partial charge in [-0.2, -0.15) is 0 Å². The van der Waals surface area contributed by atoms with Gasteiger partial charge in [0.05, 0.1) is 12.2 Å². The summed E-state index contributed by atoms with van der Waals surface area (Å²) in [5, 5.41) is 3.44. The third-order valence-electron chi connectivity index (χ3n) is 3.64. The number of carbonyl (C=O) groups is 1. The highest BCUT2D eigenvalue weighted by Crippen LogP contribution is 2.17. The Morgan fingerprint density at radius 3 is 2.53 bits per heavy atom. The van der Waals surface area contributed by atoms with Crippen LogP contribution in [0.2, 0.25) is 0 Å². The van der Waals surface area contributed by atoms with Gasteiger partial charge < -0.3 is 9.64 Å². The Labute approximate surface area is 117 Å². The predicted octanol–water partition coefficient (Wildman–Crippen LogP) is 2.53. The number of rotatable bonds is 10. The molecule has 1 saturated heterocycles. The van der Waals surface area contributed by atoms with E-state index in [2.05, 4.69) is 26.1 Å². The lowest BCUT2D eigenvalue weighted by atomic mass is 10.2. The van der Waals surface area contributed by atoms with Gasteiger partial charge in [0.2, 0.25) is 5.91 Å².